The van der Waals surface area contributed by atoms with Gasteiger partial charge in [0.2, 0.25) is 0 Å². The summed E-state index contributed by atoms with van der Waals surface area (Å²) in [6.45, 7) is 11.5. The van der Waals surface area contributed by atoms with E-state index in [-0.39, 0.29) is 0 Å². The summed E-state index contributed by atoms with van der Waals surface area (Å²) in [5, 5.41) is 7.91. The van der Waals surface area contributed by atoms with Crippen molar-refractivity contribution >= 4 is 15.9 Å². The van der Waals surface area contributed by atoms with Crippen LogP contribution in [0.15, 0.2) is 4.47 Å². The fourth-order valence-electron chi connectivity index (χ4n) is 1.66. The molecule has 17 heavy (non-hydrogen) atoms. The Morgan fingerprint density at radius 1 is 1.47 bits per heavy atom. The summed E-state index contributed by atoms with van der Waals surface area (Å²) in [6.07, 6.45) is 0. The van der Waals surface area contributed by atoms with Crippen LogP contribution in [0.2, 0.25) is 0 Å². The maximum atomic E-state index is 5.38. The zero-order valence-electron chi connectivity index (χ0n) is 11.1. The van der Waals surface area contributed by atoms with Gasteiger partial charge in [0, 0.05) is 25.7 Å². The van der Waals surface area contributed by atoms with E-state index in [0.717, 1.165) is 36.5 Å². The van der Waals surface area contributed by atoms with E-state index in [4.69, 9.17) is 4.74 Å². The second-order valence-electron chi connectivity index (χ2n) is 4.10. The maximum absolute atomic E-state index is 5.38. The minimum Gasteiger partial charge on any atom is -0.380 e. The van der Waals surface area contributed by atoms with Crippen LogP contribution >= 0.6 is 15.9 Å². The van der Waals surface area contributed by atoms with E-state index in [1.807, 2.05) is 18.5 Å². The second kappa shape index (κ2) is 7.13. The molecular weight excluding hydrogens is 282 g/mol. The standard InChI is InChI=1S/C12H22BrN3O/c1-5-16-11(12(13)10(4)15-16)7-14-9(3)8-17-6-2/h9,14H,5-8H2,1-4H3. The zero-order valence-corrected chi connectivity index (χ0v) is 12.7. The van der Waals surface area contributed by atoms with Gasteiger partial charge in [-0.3, -0.25) is 4.68 Å². The molecule has 1 aromatic heterocycles. The molecule has 1 N–H and O–H groups in total. The van der Waals surface area contributed by atoms with Crippen molar-refractivity contribution in [2.75, 3.05) is 13.2 Å². The van der Waals surface area contributed by atoms with Crippen LogP contribution in [0.4, 0.5) is 0 Å². The fraction of sp³-hybridized carbons (Fsp3) is 0.750. The molecule has 0 saturated heterocycles. The molecule has 0 fully saturated rings. The number of hydrogen-bond acceptors (Lipinski definition) is 3. The normalized spacial score (nSPS) is 13.0. The molecule has 1 rings (SSSR count). The highest BCUT2D eigenvalue weighted by molar-refractivity contribution is 9.10. The molecule has 0 bridgehead atoms. The van der Waals surface area contributed by atoms with Crippen LogP contribution < -0.4 is 5.32 Å². The molecule has 0 saturated carbocycles. The van der Waals surface area contributed by atoms with E-state index < -0.39 is 0 Å². The van der Waals surface area contributed by atoms with Gasteiger partial charge in [0.25, 0.3) is 0 Å². The SMILES string of the molecule is CCOCC(C)NCc1c(Br)c(C)nn1CC. The Labute approximate surface area is 112 Å². The number of rotatable bonds is 7. The molecule has 1 aromatic rings. The van der Waals surface area contributed by atoms with E-state index in [1.54, 1.807) is 0 Å². The Balaban J connectivity index is 2.56. The number of aromatic nitrogens is 2. The van der Waals surface area contributed by atoms with E-state index in [0.29, 0.717) is 6.04 Å². The Morgan fingerprint density at radius 3 is 2.76 bits per heavy atom. The van der Waals surface area contributed by atoms with E-state index in [1.165, 1.54) is 5.69 Å². The molecule has 0 aromatic carbocycles. The van der Waals surface area contributed by atoms with Crippen molar-refractivity contribution in [1.29, 1.82) is 0 Å². The number of ether oxygens (including phenoxy) is 1. The Hall–Kier alpha value is -0.390. The summed E-state index contributed by atoms with van der Waals surface area (Å²) in [6, 6.07) is 0.349. The monoisotopic (exact) mass is 303 g/mol. The molecule has 4 nitrogen and oxygen atoms in total. The van der Waals surface area contributed by atoms with Crippen LogP contribution in [0.5, 0.6) is 0 Å². The molecule has 1 atom stereocenters. The molecular formula is C12H22BrN3O. The number of halogens is 1. The number of nitrogens with one attached hydrogen (secondary N) is 1. The summed E-state index contributed by atoms with van der Waals surface area (Å²) < 4.78 is 8.51. The van der Waals surface area contributed by atoms with Gasteiger partial charge >= 0.3 is 0 Å². The lowest BCUT2D eigenvalue weighted by Crippen LogP contribution is -2.31. The highest BCUT2D eigenvalue weighted by atomic mass is 79.9. The van der Waals surface area contributed by atoms with E-state index in [9.17, 15) is 0 Å². The smallest absolute Gasteiger partial charge is 0.0739 e. The van der Waals surface area contributed by atoms with Crippen LogP contribution in [0.25, 0.3) is 0 Å². The maximum Gasteiger partial charge on any atom is 0.0739 e. The van der Waals surface area contributed by atoms with Gasteiger partial charge in [0.05, 0.1) is 22.5 Å². The van der Waals surface area contributed by atoms with Crippen molar-refractivity contribution in [3.05, 3.63) is 15.9 Å². The quantitative estimate of drug-likeness (QED) is 0.841. The largest absolute Gasteiger partial charge is 0.380 e. The van der Waals surface area contributed by atoms with Gasteiger partial charge in [-0.15, -0.1) is 0 Å². The van der Waals surface area contributed by atoms with E-state index in [2.05, 4.69) is 40.2 Å². The highest BCUT2D eigenvalue weighted by Gasteiger charge is 2.12. The summed E-state index contributed by atoms with van der Waals surface area (Å²) >= 11 is 3.59. The predicted molar refractivity (Wildman–Crippen MR) is 73.1 cm³/mol. The molecule has 0 aliphatic carbocycles. The van der Waals surface area contributed by atoms with Gasteiger partial charge in [0.15, 0.2) is 0 Å². The van der Waals surface area contributed by atoms with Crippen molar-refractivity contribution in [2.45, 2.75) is 46.8 Å². The first kappa shape index (κ1) is 14.7. The van der Waals surface area contributed by atoms with Crippen LogP contribution in [-0.2, 0) is 17.8 Å². The van der Waals surface area contributed by atoms with Crippen molar-refractivity contribution in [3.8, 4) is 0 Å². The first-order chi connectivity index (χ1) is 8.10. The van der Waals surface area contributed by atoms with E-state index >= 15 is 0 Å². The summed E-state index contributed by atoms with van der Waals surface area (Å²) in [5.74, 6) is 0. The molecule has 1 unspecified atom stereocenters. The second-order valence-corrected chi connectivity index (χ2v) is 4.90. The lowest BCUT2D eigenvalue weighted by Gasteiger charge is -2.14. The Bertz CT molecular complexity index is 352. The van der Waals surface area contributed by atoms with Crippen molar-refractivity contribution in [3.63, 3.8) is 0 Å². The third kappa shape index (κ3) is 4.08. The first-order valence-electron chi connectivity index (χ1n) is 6.13. The number of hydrogen-bond donors (Lipinski definition) is 1. The average molecular weight is 304 g/mol. The predicted octanol–water partition coefficient (Wildman–Crippen LogP) is 2.49. The topological polar surface area (TPSA) is 39.1 Å². The minimum atomic E-state index is 0.349. The average Bonchev–Trinajstić information content (AvgIpc) is 2.60. The summed E-state index contributed by atoms with van der Waals surface area (Å²) in [5.41, 5.74) is 2.24. The molecule has 0 radical (unpaired) electrons. The van der Waals surface area contributed by atoms with Crippen LogP contribution in [0.3, 0.4) is 0 Å². The van der Waals surface area contributed by atoms with Crippen LogP contribution in [-0.4, -0.2) is 29.0 Å². The lowest BCUT2D eigenvalue weighted by molar-refractivity contribution is 0.126. The number of aryl methyl sites for hydroxylation is 2. The van der Waals surface area contributed by atoms with Crippen molar-refractivity contribution in [1.82, 2.24) is 15.1 Å². The number of nitrogens with zero attached hydrogens (tertiary/aromatic N) is 2. The van der Waals surface area contributed by atoms with Crippen molar-refractivity contribution in [2.24, 2.45) is 0 Å². The molecule has 0 amide bonds. The van der Waals surface area contributed by atoms with Gasteiger partial charge in [-0.05, 0) is 43.6 Å². The minimum absolute atomic E-state index is 0.349. The third-order valence-corrected chi connectivity index (χ3v) is 3.67. The van der Waals surface area contributed by atoms with Crippen LogP contribution in [0.1, 0.15) is 32.2 Å². The molecule has 0 aliphatic heterocycles. The van der Waals surface area contributed by atoms with Gasteiger partial charge in [-0.25, -0.2) is 0 Å². The highest BCUT2D eigenvalue weighted by Crippen LogP contribution is 2.20. The third-order valence-electron chi connectivity index (χ3n) is 2.64. The lowest BCUT2D eigenvalue weighted by atomic mass is 10.3. The van der Waals surface area contributed by atoms with Gasteiger partial charge in [-0.2, -0.15) is 5.10 Å². The van der Waals surface area contributed by atoms with Gasteiger partial charge in [-0.1, -0.05) is 0 Å². The van der Waals surface area contributed by atoms with Crippen LogP contribution in [0, 0.1) is 6.92 Å². The Morgan fingerprint density at radius 2 is 2.18 bits per heavy atom. The summed E-state index contributed by atoms with van der Waals surface area (Å²) in [7, 11) is 0. The molecule has 5 heteroatoms. The zero-order chi connectivity index (χ0) is 12.8. The molecule has 0 aliphatic rings. The fourth-order valence-corrected chi connectivity index (χ4v) is 2.09. The van der Waals surface area contributed by atoms with Gasteiger partial charge in [0.1, 0.15) is 0 Å². The molecule has 0 spiro atoms. The first-order valence-corrected chi connectivity index (χ1v) is 6.92. The molecule has 98 valence electrons. The molecule has 1 heterocycles. The summed E-state index contributed by atoms with van der Waals surface area (Å²) in [4.78, 5) is 0. The van der Waals surface area contributed by atoms with Crippen molar-refractivity contribution < 1.29 is 4.74 Å². The Kier molecular flexibility index (Phi) is 6.16. The van der Waals surface area contributed by atoms with Gasteiger partial charge < -0.3 is 10.1 Å².